The lowest BCUT2D eigenvalue weighted by atomic mass is 9.81. The molecule has 0 spiro atoms. The predicted octanol–water partition coefficient (Wildman–Crippen LogP) is 2.28. The number of fused-ring (bicyclic) bond motifs is 1. The summed E-state index contributed by atoms with van der Waals surface area (Å²) >= 11 is 0. The number of hydrogen-bond acceptors (Lipinski definition) is 5. The van der Waals surface area contributed by atoms with Gasteiger partial charge in [-0.15, -0.1) is 0 Å². The molecule has 0 N–H and O–H groups in total. The van der Waals surface area contributed by atoms with Crippen LogP contribution in [0.4, 0.5) is 0 Å². The number of methoxy groups -OCH3 is 1. The van der Waals surface area contributed by atoms with E-state index in [4.69, 9.17) is 9.47 Å². The predicted molar refractivity (Wildman–Crippen MR) is 95.6 cm³/mol. The second-order valence-electron chi connectivity index (χ2n) is 7.11. The van der Waals surface area contributed by atoms with Crippen LogP contribution in [0.5, 0.6) is 5.75 Å². The molecule has 0 atom stereocenters. The number of aryl methyl sites for hydroxylation is 1. The zero-order chi connectivity index (χ0) is 18.8. The van der Waals surface area contributed by atoms with E-state index in [1.807, 2.05) is 6.07 Å². The van der Waals surface area contributed by atoms with Crippen LogP contribution in [0.3, 0.4) is 0 Å². The number of hydrogen-bond donors (Lipinski definition) is 0. The zero-order valence-electron chi connectivity index (χ0n) is 15.6. The van der Waals surface area contributed by atoms with E-state index in [1.165, 1.54) is 11.2 Å². The number of ether oxygens (including phenoxy) is 2. The Labute approximate surface area is 150 Å². The van der Waals surface area contributed by atoms with Gasteiger partial charge in [0.25, 0.3) is 0 Å². The maximum atomic E-state index is 13.2. The van der Waals surface area contributed by atoms with Gasteiger partial charge in [-0.1, -0.05) is 13.8 Å². The maximum Gasteiger partial charge on any atom is 0.243 e. The third-order valence-corrected chi connectivity index (χ3v) is 6.69. The van der Waals surface area contributed by atoms with Gasteiger partial charge in [-0.25, -0.2) is 8.42 Å². The molecular formula is C18H27NO5S. The average Bonchev–Trinajstić information content (AvgIpc) is 2.58. The Morgan fingerprint density at radius 2 is 2.00 bits per heavy atom. The van der Waals surface area contributed by atoms with E-state index in [9.17, 15) is 13.2 Å². The highest BCUT2D eigenvalue weighted by Crippen LogP contribution is 2.40. The Kier molecular flexibility index (Phi) is 5.91. The van der Waals surface area contributed by atoms with Crippen molar-refractivity contribution < 1.29 is 22.7 Å². The van der Waals surface area contributed by atoms with Crippen LogP contribution >= 0.6 is 0 Å². The number of rotatable bonds is 6. The molecule has 0 fully saturated rings. The molecule has 0 saturated carbocycles. The molecule has 1 aliphatic heterocycles. The summed E-state index contributed by atoms with van der Waals surface area (Å²) in [7, 11) is -2.05. The second-order valence-corrected chi connectivity index (χ2v) is 8.99. The Bertz CT molecular complexity index is 755. The minimum Gasteiger partial charge on any atom is -0.497 e. The Morgan fingerprint density at radius 1 is 1.32 bits per heavy atom. The normalized spacial score (nSPS) is 19.1. The van der Waals surface area contributed by atoms with Gasteiger partial charge in [-0.2, -0.15) is 4.31 Å². The third kappa shape index (κ3) is 4.22. The summed E-state index contributed by atoms with van der Waals surface area (Å²) in [5.74, 6) is 0.589. The average molecular weight is 369 g/mol. The number of nitrogens with zero attached hydrogens (tertiary/aromatic N) is 1. The van der Waals surface area contributed by atoms with Gasteiger partial charge in [0.2, 0.25) is 10.0 Å². The summed E-state index contributed by atoms with van der Waals surface area (Å²) in [5.41, 5.74) is 1.17. The van der Waals surface area contributed by atoms with Crippen molar-refractivity contribution in [2.45, 2.75) is 44.4 Å². The highest BCUT2D eigenvalue weighted by Gasteiger charge is 2.38. The van der Waals surface area contributed by atoms with E-state index < -0.39 is 10.0 Å². The number of ketones is 1. The number of sulfonamides is 1. The fourth-order valence-electron chi connectivity index (χ4n) is 3.11. The summed E-state index contributed by atoms with van der Waals surface area (Å²) in [5, 5.41) is 0. The summed E-state index contributed by atoms with van der Waals surface area (Å²) in [6.07, 6.45) is 0.693. The van der Waals surface area contributed by atoms with Gasteiger partial charge >= 0.3 is 0 Å². The van der Waals surface area contributed by atoms with Gasteiger partial charge < -0.3 is 9.47 Å². The fourth-order valence-corrected chi connectivity index (χ4v) is 5.09. The third-order valence-electron chi connectivity index (χ3n) is 4.59. The molecule has 1 aliphatic rings. The summed E-state index contributed by atoms with van der Waals surface area (Å²) < 4.78 is 38.5. The minimum atomic E-state index is -3.63. The van der Waals surface area contributed by atoms with Gasteiger partial charge in [0, 0.05) is 13.1 Å². The summed E-state index contributed by atoms with van der Waals surface area (Å²) in [6, 6.07) is 3.58. The zero-order valence-corrected chi connectivity index (χ0v) is 16.4. The summed E-state index contributed by atoms with van der Waals surface area (Å²) in [4.78, 5) is 11.3. The molecule has 0 aromatic heterocycles. The second kappa shape index (κ2) is 7.43. The van der Waals surface area contributed by atoms with Gasteiger partial charge in [-0.05, 0) is 48.9 Å². The maximum absolute atomic E-state index is 13.2. The van der Waals surface area contributed by atoms with Gasteiger partial charge in [0.1, 0.15) is 12.4 Å². The molecular weight excluding hydrogens is 342 g/mol. The van der Waals surface area contributed by atoms with Crippen LogP contribution in [0.2, 0.25) is 0 Å². The lowest BCUT2D eigenvalue weighted by Crippen LogP contribution is -2.35. The molecule has 1 heterocycles. The highest BCUT2D eigenvalue weighted by atomic mass is 32.2. The molecule has 0 unspecified atom stereocenters. The van der Waals surface area contributed by atoms with Crippen LogP contribution in [-0.4, -0.2) is 51.9 Å². The van der Waals surface area contributed by atoms with E-state index in [0.717, 1.165) is 5.56 Å². The van der Waals surface area contributed by atoms with Gasteiger partial charge in [0.15, 0.2) is 5.78 Å². The van der Waals surface area contributed by atoms with Crippen molar-refractivity contribution >= 4 is 15.8 Å². The van der Waals surface area contributed by atoms with Crippen molar-refractivity contribution in [3.05, 3.63) is 23.3 Å². The van der Waals surface area contributed by atoms with Crippen molar-refractivity contribution in [2.24, 2.45) is 0 Å². The molecule has 7 heteroatoms. The first-order valence-electron chi connectivity index (χ1n) is 8.36. The fraction of sp³-hybridized carbons (Fsp3) is 0.611. The van der Waals surface area contributed by atoms with Crippen molar-refractivity contribution in [2.75, 3.05) is 33.4 Å². The van der Waals surface area contributed by atoms with Crippen LogP contribution in [0, 0.1) is 6.92 Å². The standard InChI is InChI=1S/C18H27NO5S/c1-13-10-15(23-5)11-16-17(13)25(21,22)19(7-6-18(16,3)4)8-9-24-12-14(2)20/h10-11H,6-9,12H2,1-5H3. The first kappa shape index (κ1) is 19.9. The van der Waals surface area contributed by atoms with Crippen molar-refractivity contribution in [1.82, 2.24) is 4.31 Å². The van der Waals surface area contributed by atoms with E-state index >= 15 is 0 Å². The lowest BCUT2D eigenvalue weighted by molar-refractivity contribution is -0.121. The summed E-state index contributed by atoms with van der Waals surface area (Å²) in [6.45, 7) is 8.19. The molecule has 1 aromatic rings. The monoisotopic (exact) mass is 369 g/mol. The van der Waals surface area contributed by atoms with Crippen LogP contribution in [0.1, 0.15) is 38.3 Å². The molecule has 0 saturated heterocycles. The molecule has 25 heavy (non-hydrogen) atoms. The van der Waals surface area contributed by atoms with E-state index in [-0.39, 0.29) is 31.0 Å². The van der Waals surface area contributed by atoms with E-state index in [1.54, 1.807) is 20.1 Å². The number of Topliss-reactive ketones (excluding diaryl/α,β-unsaturated/α-hetero) is 1. The first-order valence-corrected chi connectivity index (χ1v) is 9.80. The topological polar surface area (TPSA) is 72.9 Å². The van der Waals surface area contributed by atoms with Gasteiger partial charge in [0.05, 0.1) is 18.6 Å². The first-order chi connectivity index (χ1) is 11.6. The molecule has 0 aliphatic carbocycles. The van der Waals surface area contributed by atoms with Crippen LogP contribution in [0.15, 0.2) is 17.0 Å². The largest absolute Gasteiger partial charge is 0.497 e. The lowest BCUT2D eigenvalue weighted by Gasteiger charge is -2.25. The molecule has 0 amide bonds. The molecule has 6 nitrogen and oxygen atoms in total. The molecule has 0 radical (unpaired) electrons. The van der Waals surface area contributed by atoms with Gasteiger partial charge in [-0.3, -0.25) is 4.79 Å². The molecule has 1 aromatic carbocycles. The van der Waals surface area contributed by atoms with Crippen LogP contribution in [0.25, 0.3) is 0 Å². The Morgan fingerprint density at radius 3 is 2.60 bits per heavy atom. The number of benzene rings is 1. The molecule has 2 rings (SSSR count). The Balaban J connectivity index is 2.40. The van der Waals surface area contributed by atoms with E-state index in [0.29, 0.717) is 29.2 Å². The molecule has 0 bridgehead atoms. The number of carbonyl (C=O) groups excluding carboxylic acids is 1. The highest BCUT2D eigenvalue weighted by molar-refractivity contribution is 7.89. The van der Waals surface area contributed by atoms with Crippen molar-refractivity contribution in [3.63, 3.8) is 0 Å². The van der Waals surface area contributed by atoms with Crippen LogP contribution < -0.4 is 4.74 Å². The van der Waals surface area contributed by atoms with Crippen molar-refractivity contribution in [3.8, 4) is 5.75 Å². The molecule has 140 valence electrons. The Hall–Kier alpha value is -1.44. The number of carbonyl (C=O) groups is 1. The minimum absolute atomic E-state index is 0.00615. The van der Waals surface area contributed by atoms with Crippen LogP contribution in [-0.2, 0) is 25.0 Å². The van der Waals surface area contributed by atoms with E-state index in [2.05, 4.69) is 13.8 Å². The SMILES string of the molecule is COc1cc(C)c2c(c1)C(C)(C)CCN(CCOCC(C)=O)S2(=O)=O. The van der Waals surface area contributed by atoms with Crippen molar-refractivity contribution in [1.29, 1.82) is 0 Å². The smallest absolute Gasteiger partial charge is 0.243 e. The quantitative estimate of drug-likeness (QED) is 0.719.